The Morgan fingerprint density at radius 1 is 1.12 bits per heavy atom. The first-order valence-electron chi connectivity index (χ1n) is 9.80. The van der Waals surface area contributed by atoms with Crippen molar-refractivity contribution >= 4 is 39.0 Å². The number of thiophene rings is 1. The SMILES string of the molecule is CCOC(=O)c1nn(-c2ccccc2F)c(=O)c2c(NC(=O)Cc3ccccc3)scc12. The zero-order chi connectivity index (χ0) is 22.7. The van der Waals surface area contributed by atoms with Crippen molar-refractivity contribution in [1.82, 2.24) is 9.78 Å². The van der Waals surface area contributed by atoms with Crippen LogP contribution >= 0.6 is 11.3 Å². The zero-order valence-electron chi connectivity index (χ0n) is 17.0. The van der Waals surface area contributed by atoms with E-state index < -0.39 is 17.3 Å². The van der Waals surface area contributed by atoms with Crippen LogP contribution in [0.1, 0.15) is 23.0 Å². The lowest BCUT2D eigenvalue weighted by Gasteiger charge is -2.10. The number of esters is 1. The predicted octanol–water partition coefficient (Wildman–Crippen LogP) is 3.94. The van der Waals surface area contributed by atoms with Gasteiger partial charge in [0.1, 0.15) is 16.5 Å². The van der Waals surface area contributed by atoms with Crippen molar-refractivity contribution in [2.75, 3.05) is 11.9 Å². The maximum atomic E-state index is 14.4. The summed E-state index contributed by atoms with van der Waals surface area (Å²) in [7, 11) is 0. The topological polar surface area (TPSA) is 90.3 Å². The van der Waals surface area contributed by atoms with E-state index >= 15 is 0 Å². The highest BCUT2D eigenvalue weighted by Crippen LogP contribution is 2.31. The molecule has 0 aliphatic heterocycles. The minimum absolute atomic E-state index is 0.0673. The van der Waals surface area contributed by atoms with Crippen LogP contribution in [-0.2, 0) is 16.0 Å². The Hall–Kier alpha value is -3.85. The van der Waals surface area contributed by atoms with Crippen molar-refractivity contribution in [3.63, 3.8) is 0 Å². The molecule has 0 saturated heterocycles. The Morgan fingerprint density at radius 2 is 1.84 bits per heavy atom. The van der Waals surface area contributed by atoms with Crippen LogP contribution in [0.3, 0.4) is 0 Å². The molecule has 0 aliphatic rings. The monoisotopic (exact) mass is 451 g/mol. The van der Waals surface area contributed by atoms with Crippen LogP contribution in [0.15, 0.2) is 64.8 Å². The lowest BCUT2D eigenvalue weighted by molar-refractivity contribution is -0.115. The predicted molar refractivity (Wildman–Crippen MR) is 120 cm³/mol. The van der Waals surface area contributed by atoms with Crippen molar-refractivity contribution in [3.05, 3.63) is 87.4 Å². The van der Waals surface area contributed by atoms with E-state index in [9.17, 15) is 18.8 Å². The second-order valence-electron chi connectivity index (χ2n) is 6.80. The molecule has 7 nitrogen and oxygen atoms in total. The second-order valence-corrected chi connectivity index (χ2v) is 7.68. The summed E-state index contributed by atoms with van der Waals surface area (Å²) in [6.07, 6.45) is 0.109. The summed E-state index contributed by atoms with van der Waals surface area (Å²) in [6.45, 7) is 1.75. The maximum Gasteiger partial charge on any atom is 0.359 e. The van der Waals surface area contributed by atoms with Gasteiger partial charge in [0.2, 0.25) is 5.91 Å². The third-order valence-corrected chi connectivity index (χ3v) is 5.56. The minimum atomic E-state index is -0.748. The van der Waals surface area contributed by atoms with E-state index in [-0.39, 0.29) is 46.1 Å². The van der Waals surface area contributed by atoms with Gasteiger partial charge in [0, 0.05) is 10.8 Å². The van der Waals surface area contributed by atoms with Crippen LogP contribution in [0, 0.1) is 5.82 Å². The summed E-state index contributed by atoms with van der Waals surface area (Å²) in [6, 6.07) is 14.7. The number of benzene rings is 2. The molecule has 0 spiro atoms. The fourth-order valence-electron chi connectivity index (χ4n) is 3.23. The number of hydrogen-bond donors (Lipinski definition) is 1. The smallest absolute Gasteiger partial charge is 0.359 e. The molecule has 0 bridgehead atoms. The Labute approximate surface area is 186 Å². The first kappa shape index (κ1) is 21.4. The van der Waals surface area contributed by atoms with Gasteiger partial charge < -0.3 is 10.1 Å². The molecule has 162 valence electrons. The summed E-state index contributed by atoms with van der Waals surface area (Å²) in [5.41, 5.74) is -0.0971. The van der Waals surface area contributed by atoms with Crippen LogP contribution in [0.4, 0.5) is 9.39 Å². The molecular weight excluding hydrogens is 433 g/mol. The number of nitrogens with zero attached hydrogens (tertiary/aromatic N) is 2. The van der Waals surface area contributed by atoms with Crippen molar-refractivity contribution < 1.29 is 18.7 Å². The van der Waals surface area contributed by atoms with Gasteiger partial charge in [-0.3, -0.25) is 9.59 Å². The number of hydrogen-bond acceptors (Lipinski definition) is 6. The Bertz CT molecular complexity index is 1360. The van der Waals surface area contributed by atoms with E-state index in [1.165, 1.54) is 18.2 Å². The average Bonchev–Trinajstić information content (AvgIpc) is 3.19. The van der Waals surface area contributed by atoms with Crippen molar-refractivity contribution in [2.45, 2.75) is 13.3 Å². The summed E-state index contributed by atoms with van der Waals surface area (Å²) in [5, 5.41) is 8.95. The number of aromatic nitrogens is 2. The zero-order valence-corrected chi connectivity index (χ0v) is 17.8. The summed E-state index contributed by atoms with van der Waals surface area (Å²) < 4.78 is 20.3. The number of rotatable bonds is 6. The first-order valence-corrected chi connectivity index (χ1v) is 10.7. The van der Waals surface area contributed by atoms with Crippen LogP contribution in [-0.4, -0.2) is 28.3 Å². The van der Waals surface area contributed by atoms with Crippen LogP contribution < -0.4 is 10.9 Å². The third-order valence-electron chi connectivity index (χ3n) is 4.66. The molecule has 0 aliphatic carbocycles. The number of anilines is 1. The average molecular weight is 451 g/mol. The number of ether oxygens (including phenoxy) is 1. The molecule has 0 unspecified atom stereocenters. The molecule has 32 heavy (non-hydrogen) atoms. The van der Waals surface area contributed by atoms with Gasteiger partial charge in [-0.1, -0.05) is 42.5 Å². The van der Waals surface area contributed by atoms with Crippen molar-refractivity contribution in [3.8, 4) is 5.69 Å². The Morgan fingerprint density at radius 3 is 2.56 bits per heavy atom. The number of nitrogens with one attached hydrogen (secondary N) is 1. The number of carbonyl (C=O) groups excluding carboxylic acids is 2. The summed E-state index contributed by atoms with van der Waals surface area (Å²) in [4.78, 5) is 38.4. The van der Waals surface area contributed by atoms with E-state index in [0.29, 0.717) is 0 Å². The number of amides is 1. The van der Waals surface area contributed by atoms with Gasteiger partial charge in [-0.05, 0) is 24.6 Å². The highest BCUT2D eigenvalue weighted by atomic mass is 32.1. The Balaban J connectivity index is 1.83. The normalized spacial score (nSPS) is 10.8. The molecule has 1 N–H and O–H groups in total. The quantitative estimate of drug-likeness (QED) is 0.449. The molecule has 2 aromatic heterocycles. The number of fused-ring (bicyclic) bond motifs is 1. The molecule has 2 aromatic carbocycles. The molecule has 0 fully saturated rings. The largest absolute Gasteiger partial charge is 0.461 e. The van der Waals surface area contributed by atoms with Gasteiger partial charge in [-0.2, -0.15) is 9.78 Å². The molecule has 0 saturated carbocycles. The molecule has 1 amide bonds. The second kappa shape index (κ2) is 9.11. The minimum Gasteiger partial charge on any atom is -0.461 e. The van der Waals surface area contributed by atoms with Gasteiger partial charge in [-0.25, -0.2) is 9.18 Å². The molecule has 9 heteroatoms. The first-order chi connectivity index (χ1) is 15.5. The number of halogens is 1. The van der Waals surface area contributed by atoms with Gasteiger partial charge >= 0.3 is 5.97 Å². The van der Waals surface area contributed by atoms with Gasteiger partial charge in [0.05, 0.1) is 18.4 Å². The highest BCUT2D eigenvalue weighted by Gasteiger charge is 2.24. The number of para-hydroxylation sites is 1. The third kappa shape index (κ3) is 4.15. The molecule has 4 rings (SSSR count). The summed E-state index contributed by atoms with van der Waals surface area (Å²) in [5.74, 6) is -1.75. The molecule has 0 radical (unpaired) electrons. The van der Waals surface area contributed by atoms with E-state index in [1.807, 2.05) is 30.3 Å². The van der Waals surface area contributed by atoms with Gasteiger partial charge in [0.25, 0.3) is 5.56 Å². The lowest BCUT2D eigenvalue weighted by atomic mass is 10.1. The van der Waals surface area contributed by atoms with E-state index in [0.717, 1.165) is 21.6 Å². The van der Waals surface area contributed by atoms with Crippen LogP contribution in [0.5, 0.6) is 0 Å². The van der Waals surface area contributed by atoms with Crippen LogP contribution in [0.2, 0.25) is 0 Å². The Kier molecular flexibility index (Phi) is 6.09. The fourth-order valence-corrected chi connectivity index (χ4v) is 4.18. The van der Waals surface area contributed by atoms with Crippen molar-refractivity contribution in [1.29, 1.82) is 0 Å². The molecule has 4 aromatic rings. The van der Waals surface area contributed by atoms with E-state index in [2.05, 4.69) is 10.4 Å². The summed E-state index contributed by atoms with van der Waals surface area (Å²) >= 11 is 1.09. The number of carbonyl (C=O) groups is 2. The fraction of sp³-hybridized carbons (Fsp3) is 0.130. The van der Waals surface area contributed by atoms with Gasteiger partial charge in [-0.15, -0.1) is 11.3 Å². The highest BCUT2D eigenvalue weighted by molar-refractivity contribution is 7.16. The maximum absolute atomic E-state index is 14.4. The van der Waals surface area contributed by atoms with E-state index in [1.54, 1.807) is 18.4 Å². The standard InChI is InChI=1S/C23H18FN3O4S/c1-2-31-23(30)20-15-13-32-21(25-18(28)12-14-8-4-3-5-9-14)19(15)22(29)27(26-20)17-11-7-6-10-16(17)24/h3-11,13H,2,12H2,1H3,(H,25,28). The lowest BCUT2D eigenvalue weighted by Crippen LogP contribution is -2.26. The molecule has 2 heterocycles. The van der Waals surface area contributed by atoms with Crippen molar-refractivity contribution in [2.24, 2.45) is 0 Å². The van der Waals surface area contributed by atoms with Gasteiger partial charge in [0.15, 0.2) is 5.69 Å². The molecular formula is C23H18FN3O4S. The molecule has 0 atom stereocenters. The van der Waals surface area contributed by atoms with E-state index in [4.69, 9.17) is 4.74 Å². The van der Waals surface area contributed by atoms with Crippen LogP contribution in [0.25, 0.3) is 16.5 Å².